The Morgan fingerprint density at radius 1 is 1.48 bits per heavy atom. The van der Waals surface area contributed by atoms with Crippen molar-refractivity contribution in [1.82, 2.24) is 10.2 Å². The largest absolute Gasteiger partial charge is 0.370 e. The molecule has 1 unspecified atom stereocenters. The van der Waals surface area contributed by atoms with Crippen LogP contribution in [-0.4, -0.2) is 30.6 Å². The monoisotopic (exact) mass is 394 g/mol. The molecule has 1 aromatic heterocycles. The van der Waals surface area contributed by atoms with Gasteiger partial charge in [0.15, 0.2) is 0 Å². The van der Waals surface area contributed by atoms with Crippen molar-refractivity contribution in [2.45, 2.75) is 19.6 Å². The Hall–Kier alpha value is -1.37. The Kier molecular flexibility index (Phi) is 5.35. The molecule has 4 nitrogen and oxygen atoms in total. The molecule has 1 fully saturated rings. The Labute approximate surface area is 148 Å². The molecule has 0 saturated carbocycles. The van der Waals surface area contributed by atoms with Crippen LogP contribution in [0.25, 0.3) is 0 Å². The van der Waals surface area contributed by atoms with E-state index in [1.165, 1.54) is 10.4 Å². The quantitative estimate of drug-likeness (QED) is 0.850. The number of carbonyl (C=O) groups excluding carboxylic acids is 1. The molecule has 0 spiro atoms. The van der Waals surface area contributed by atoms with E-state index in [9.17, 15) is 4.79 Å². The predicted molar refractivity (Wildman–Crippen MR) is 95.7 cm³/mol. The lowest BCUT2D eigenvalue weighted by molar-refractivity contribution is -0.0155. The van der Waals surface area contributed by atoms with E-state index in [0.29, 0.717) is 26.2 Å². The van der Waals surface area contributed by atoms with E-state index >= 15 is 0 Å². The van der Waals surface area contributed by atoms with Crippen LogP contribution in [0.15, 0.2) is 40.2 Å². The highest BCUT2D eigenvalue weighted by atomic mass is 79.9. The van der Waals surface area contributed by atoms with Gasteiger partial charge >= 0.3 is 6.03 Å². The van der Waals surface area contributed by atoms with Crippen molar-refractivity contribution in [3.8, 4) is 0 Å². The van der Waals surface area contributed by atoms with Crippen molar-refractivity contribution in [3.63, 3.8) is 0 Å². The summed E-state index contributed by atoms with van der Waals surface area (Å²) in [5.41, 5.74) is 2.32. The van der Waals surface area contributed by atoms with Crippen molar-refractivity contribution in [2.24, 2.45) is 0 Å². The number of nitrogens with one attached hydrogen (secondary N) is 1. The van der Waals surface area contributed by atoms with E-state index in [1.54, 1.807) is 11.3 Å². The number of benzene rings is 1. The molecule has 122 valence electrons. The fourth-order valence-electron chi connectivity index (χ4n) is 2.60. The summed E-state index contributed by atoms with van der Waals surface area (Å²) in [6.07, 6.45) is -0.0736. The topological polar surface area (TPSA) is 41.6 Å². The van der Waals surface area contributed by atoms with E-state index in [1.807, 2.05) is 29.2 Å². The third kappa shape index (κ3) is 4.13. The van der Waals surface area contributed by atoms with Gasteiger partial charge in [-0.25, -0.2) is 4.79 Å². The van der Waals surface area contributed by atoms with E-state index in [-0.39, 0.29) is 12.1 Å². The average molecular weight is 395 g/mol. The molecule has 1 atom stereocenters. The maximum Gasteiger partial charge on any atom is 0.317 e. The minimum atomic E-state index is -0.0736. The summed E-state index contributed by atoms with van der Waals surface area (Å²) in [5.74, 6) is 0. The summed E-state index contributed by atoms with van der Waals surface area (Å²) >= 11 is 5.15. The fraction of sp³-hybridized carbons (Fsp3) is 0.353. The number of nitrogens with zero attached hydrogens (tertiary/aromatic N) is 1. The van der Waals surface area contributed by atoms with Gasteiger partial charge in [0.25, 0.3) is 0 Å². The number of halogens is 1. The lowest BCUT2D eigenvalue weighted by atomic mass is 10.1. The zero-order valence-corrected chi connectivity index (χ0v) is 15.3. The number of urea groups is 1. The smallest absolute Gasteiger partial charge is 0.317 e. The minimum Gasteiger partial charge on any atom is -0.370 e. The fourth-order valence-corrected chi connectivity index (χ4v) is 3.86. The molecule has 0 aliphatic carbocycles. The van der Waals surface area contributed by atoms with E-state index in [0.717, 1.165) is 10.0 Å². The molecular formula is C17H19BrN2O2S. The maximum atomic E-state index is 12.4. The predicted octanol–water partition coefficient (Wildman–Crippen LogP) is 4.10. The second-order valence-corrected chi connectivity index (χ2v) is 7.46. The summed E-state index contributed by atoms with van der Waals surface area (Å²) in [5, 5.41) is 5.06. The van der Waals surface area contributed by atoms with Crippen molar-refractivity contribution in [2.75, 3.05) is 19.7 Å². The molecule has 2 aromatic rings. The van der Waals surface area contributed by atoms with Crippen LogP contribution >= 0.6 is 27.3 Å². The molecule has 2 heterocycles. The Balaban J connectivity index is 1.59. The van der Waals surface area contributed by atoms with E-state index in [2.05, 4.69) is 39.6 Å². The van der Waals surface area contributed by atoms with Crippen LogP contribution in [0, 0.1) is 6.92 Å². The van der Waals surface area contributed by atoms with Crippen molar-refractivity contribution in [3.05, 3.63) is 56.2 Å². The van der Waals surface area contributed by atoms with Crippen molar-refractivity contribution < 1.29 is 9.53 Å². The average Bonchev–Trinajstić information content (AvgIpc) is 2.98. The highest BCUT2D eigenvalue weighted by Gasteiger charge is 2.25. The van der Waals surface area contributed by atoms with Gasteiger partial charge in [-0.15, -0.1) is 11.3 Å². The molecule has 0 bridgehead atoms. The number of aryl methyl sites for hydroxylation is 1. The van der Waals surface area contributed by atoms with Crippen LogP contribution in [-0.2, 0) is 11.3 Å². The van der Waals surface area contributed by atoms with Gasteiger partial charge in [-0.3, -0.25) is 0 Å². The number of ether oxygens (including phenoxy) is 1. The minimum absolute atomic E-state index is 0.0268. The first kappa shape index (κ1) is 16.5. The molecular weight excluding hydrogens is 376 g/mol. The van der Waals surface area contributed by atoms with Gasteiger partial charge in [-0.1, -0.05) is 28.1 Å². The van der Waals surface area contributed by atoms with Gasteiger partial charge in [0, 0.05) is 15.9 Å². The Morgan fingerprint density at radius 2 is 2.35 bits per heavy atom. The van der Waals surface area contributed by atoms with Crippen LogP contribution in [0.1, 0.15) is 22.1 Å². The summed E-state index contributed by atoms with van der Waals surface area (Å²) in [4.78, 5) is 15.4. The molecule has 2 amide bonds. The number of amides is 2. The number of morpholine rings is 1. The van der Waals surface area contributed by atoms with Crippen LogP contribution in [0.5, 0.6) is 0 Å². The highest BCUT2D eigenvalue weighted by Crippen LogP contribution is 2.25. The number of carbonyl (C=O) groups is 1. The molecule has 0 radical (unpaired) electrons. The van der Waals surface area contributed by atoms with Gasteiger partial charge in [-0.05, 0) is 41.6 Å². The first-order chi connectivity index (χ1) is 11.1. The van der Waals surface area contributed by atoms with Crippen LogP contribution < -0.4 is 5.32 Å². The zero-order valence-electron chi connectivity index (χ0n) is 12.9. The van der Waals surface area contributed by atoms with Gasteiger partial charge < -0.3 is 15.0 Å². The molecule has 1 saturated heterocycles. The molecule has 1 aliphatic rings. The van der Waals surface area contributed by atoms with Gasteiger partial charge in [0.05, 0.1) is 19.7 Å². The van der Waals surface area contributed by atoms with Gasteiger partial charge in [0.2, 0.25) is 0 Å². The van der Waals surface area contributed by atoms with Crippen LogP contribution in [0.4, 0.5) is 4.79 Å². The van der Waals surface area contributed by atoms with E-state index in [4.69, 9.17) is 4.74 Å². The summed E-state index contributed by atoms with van der Waals surface area (Å²) in [7, 11) is 0. The summed E-state index contributed by atoms with van der Waals surface area (Å²) in [6, 6.07) is 10.1. The zero-order chi connectivity index (χ0) is 16.2. The molecule has 1 aliphatic heterocycles. The number of thiophene rings is 1. The highest BCUT2D eigenvalue weighted by molar-refractivity contribution is 9.10. The third-order valence-electron chi connectivity index (χ3n) is 3.94. The lowest BCUT2D eigenvalue weighted by Crippen LogP contribution is -2.46. The number of hydrogen-bond acceptors (Lipinski definition) is 3. The maximum absolute atomic E-state index is 12.4. The Bertz CT molecular complexity index is 689. The second-order valence-electron chi connectivity index (χ2n) is 5.55. The number of hydrogen-bond donors (Lipinski definition) is 1. The van der Waals surface area contributed by atoms with Crippen LogP contribution in [0.3, 0.4) is 0 Å². The second kappa shape index (κ2) is 7.47. The van der Waals surface area contributed by atoms with Crippen molar-refractivity contribution >= 4 is 33.3 Å². The van der Waals surface area contributed by atoms with E-state index < -0.39 is 0 Å². The van der Waals surface area contributed by atoms with Crippen LogP contribution in [0.2, 0.25) is 0 Å². The Morgan fingerprint density at radius 3 is 3.09 bits per heavy atom. The van der Waals surface area contributed by atoms with Crippen molar-refractivity contribution in [1.29, 1.82) is 0 Å². The molecule has 1 aromatic carbocycles. The standard InChI is InChI=1S/C17H19BrN2O2S/c1-12-5-8-23-16(12)10-19-17(21)20-6-7-22-15(11-20)13-3-2-4-14(18)9-13/h2-5,8-9,15H,6-7,10-11H2,1H3,(H,19,21). The first-order valence-electron chi connectivity index (χ1n) is 7.56. The summed E-state index contributed by atoms with van der Waals surface area (Å²) < 4.78 is 6.85. The molecule has 23 heavy (non-hydrogen) atoms. The molecule has 3 rings (SSSR count). The van der Waals surface area contributed by atoms with Gasteiger partial charge in [0.1, 0.15) is 6.10 Å². The molecule has 1 N–H and O–H groups in total. The van der Waals surface area contributed by atoms with Gasteiger partial charge in [-0.2, -0.15) is 0 Å². The SMILES string of the molecule is Cc1ccsc1CNC(=O)N1CCOC(c2cccc(Br)c2)C1. The normalized spacial score (nSPS) is 18.0. The number of rotatable bonds is 3. The third-order valence-corrected chi connectivity index (χ3v) is 5.46. The lowest BCUT2D eigenvalue weighted by Gasteiger charge is -2.33. The molecule has 6 heteroatoms. The summed E-state index contributed by atoms with van der Waals surface area (Å²) in [6.45, 7) is 4.41. The first-order valence-corrected chi connectivity index (χ1v) is 9.23.